The molecule has 2 N–H and O–H groups in total. The first-order chi connectivity index (χ1) is 10.6. The number of nitrogens with one attached hydrogen (secondary N) is 1. The lowest BCUT2D eigenvalue weighted by molar-refractivity contribution is -0.137. The summed E-state index contributed by atoms with van der Waals surface area (Å²) in [6.45, 7) is 1.44. The van der Waals surface area contributed by atoms with Gasteiger partial charge in [0.1, 0.15) is 4.21 Å². The fourth-order valence-electron chi connectivity index (χ4n) is 1.83. The van der Waals surface area contributed by atoms with E-state index in [1.54, 1.807) is 13.0 Å². The molecule has 0 saturated carbocycles. The number of sulfonamides is 1. The molecule has 1 heterocycles. The third-order valence-corrected chi connectivity index (χ3v) is 5.99. The van der Waals surface area contributed by atoms with E-state index < -0.39 is 27.9 Å². The molecule has 0 aliphatic rings. The van der Waals surface area contributed by atoms with Crippen LogP contribution in [-0.2, 0) is 16.2 Å². The molecule has 0 amide bonds. The molecule has 0 radical (unpaired) electrons. The third-order valence-electron chi connectivity index (χ3n) is 3.07. The van der Waals surface area contributed by atoms with Crippen molar-refractivity contribution in [2.45, 2.75) is 23.4 Å². The van der Waals surface area contributed by atoms with E-state index in [-0.39, 0.29) is 16.3 Å². The monoisotopic (exact) mass is 365 g/mol. The summed E-state index contributed by atoms with van der Waals surface area (Å²) in [6.07, 6.45) is -5.70. The molecular formula is C14H14F3NO3S2. The second-order valence-electron chi connectivity index (χ2n) is 4.85. The number of benzene rings is 1. The molecule has 1 aromatic heterocycles. The van der Waals surface area contributed by atoms with Crippen LogP contribution in [-0.4, -0.2) is 20.1 Å². The predicted molar refractivity (Wildman–Crippen MR) is 80.6 cm³/mol. The second-order valence-corrected chi connectivity index (χ2v) is 8.13. The zero-order chi connectivity index (χ0) is 17.3. The standard InChI is InChI=1S/C14H14F3NO3S2/c1-9-2-7-13(22-9)23(20,21)18-8-12(19)10-3-5-11(6-4-10)14(15,16)17/h2-7,12,18-19H,8H2,1H3. The van der Waals surface area contributed by atoms with E-state index in [1.165, 1.54) is 6.07 Å². The van der Waals surface area contributed by atoms with Crippen LogP contribution < -0.4 is 4.72 Å². The fraction of sp³-hybridized carbons (Fsp3) is 0.286. The molecule has 2 rings (SSSR count). The molecule has 0 spiro atoms. The number of thiophene rings is 1. The molecule has 4 nitrogen and oxygen atoms in total. The van der Waals surface area contributed by atoms with E-state index in [9.17, 15) is 26.7 Å². The molecule has 126 valence electrons. The minimum atomic E-state index is -4.46. The maximum Gasteiger partial charge on any atom is 0.416 e. The van der Waals surface area contributed by atoms with E-state index in [2.05, 4.69) is 4.72 Å². The average molecular weight is 365 g/mol. The molecule has 0 saturated heterocycles. The smallest absolute Gasteiger partial charge is 0.387 e. The van der Waals surface area contributed by atoms with Gasteiger partial charge in [0.25, 0.3) is 0 Å². The first-order valence-electron chi connectivity index (χ1n) is 6.51. The Labute approximate surface area is 135 Å². The van der Waals surface area contributed by atoms with Gasteiger partial charge in [-0.2, -0.15) is 13.2 Å². The number of hydrogen-bond acceptors (Lipinski definition) is 4. The molecule has 23 heavy (non-hydrogen) atoms. The summed E-state index contributed by atoms with van der Waals surface area (Å²) < 4.78 is 63.8. The van der Waals surface area contributed by atoms with Crippen molar-refractivity contribution in [3.8, 4) is 0 Å². The lowest BCUT2D eigenvalue weighted by Crippen LogP contribution is -2.28. The minimum Gasteiger partial charge on any atom is -0.387 e. The van der Waals surface area contributed by atoms with Crippen molar-refractivity contribution >= 4 is 21.4 Å². The molecule has 1 unspecified atom stereocenters. The first kappa shape index (κ1) is 17.9. The number of aliphatic hydroxyl groups is 1. The average Bonchev–Trinajstić information content (AvgIpc) is 2.91. The lowest BCUT2D eigenvalue weighted by Gasteiger charge is -2.13. The summed E-state index contributed by atoms with van der Waals surface area (Å²) in [5.74, 6) is 0. The summed E-state index contributed by atoms with van der Waals surface area (Å²) in [7, 11) is -3.75. The van der Waals surface area contributed by atoms with Crippen molar-refractivity contribution in [3.05, 3.63) is 52.4 Å². The molecule has 9 heteroatoms. The van der Waals surface area contributed by atoms with Gasteiger partial charge in [-0.1, -0.05) is 12.1 Å². The Morgan fingerprint density at radius 1 is 1.17 bits per heavy atom. The van der Waals surface area contributed by atoms with Gasteiger partial charge in [-0.3, -0.25) is 0 Å². The third kappa shape index (κ3) is 4.54. The van der Waals surface area contributed by atoms with Gasteiger partial charge in [-0.05, 0) is 36.8 Å². The van der Waals surface area contributed by atoms with Crippen molar-refractivity contribution in [2.75, 3.05) is 6.54 Å². The Morgan fingerprint density at radius 2 is 1.78 bits per heavy atom. The Kier molecular flexibility index (Phi) is 5.14. The topological polar surface area (TPSA) is 66.4 Å². The number of aliphatic hydroxyl groups excluding tert-OH is 1. The van der Waals surface area contributed by atoms with Gasteiger partial charge in [0.2, 0.25) is 10.0 Å². The van der Waals surface area contributed by atoms with Gasteiger partial charge < -0.3 is 5.11 Å². The summed E-state index contributed by atoms with van der Waals surface area (Å²) in [5, 5.41) is 9.92. The highest BCUT2D eigenvalue weighted by Gasteiger charge is 2.30. The van der Waals surface area contributed by atoms with Gasteiger partial charge in [0.05, 0.1) is 11.7 Å². The van der Waals surface area contributed by atoms with Crippen LogP contribution in [0.5, 0.6) is 0 Å². The van der Waals surface area contributed by atoms with Crippen LogP contribution in [0.3, 0.4) is 0 Å². The van der Waals surface area contributed by atoms with Gasteiger partial charge in [-0.25, -0.2) is 13.1 Å². The number of alkyl halides is 3. The zero-order valence-electron chi connectivity index (χ0n) is 12.0. The maximum absolute atomic E-state index is 12.5. The van der Waals surface area contributed by atoms with Gasteiger partial charge >= 0.3 is 6.18 Å². The molecule has 0 aliphatic heterocycles. The van der Waals surface area contributed by atoms with Gasteiger partial charge in [-0.15, -0.1) is 11.3 Å². The van der Waals surface area contributed by atoms with Gasteiger partial charge in [0, 0.05) is 11.4 Å². The normalized spacial score (nSPS) is 14.0. The molecular weight excluding hydrogens is 351 g/mol. The molecule has 1 aromatic carbocycles. The van der Waals surface area contributed by atoms with Crippen molar-refractivity contribution in [3.63, 3.8) is 0 Å². The van der Waals surface area contributed by atoms with Crippen LogP contribution in [0.15, 0.2) is 40.6 Å². The van der Waals surface area contributed by atoms with Crippen molar-refractivity contribution in [2.24, 2.45) is 0 Å². The van der Waals surface area contributed by atoms with E-state index in [4.69, 9.17) is 0 Å². The molecule has 2 aromatic rings. The van der Waals surface area contributed by atoms with E-state index in [0.717, 1.165) is 40.5 Å². The number of hydrogen-bond donors (Lipinski definition) is 2. The molecule has 0 bridgehead atoms. The maximum atomic E-state index is 12.5. The summed E-state index contributed by atoms with van der Waals surface area (Å²) >= 11 is 1.09. The molecule has 1 atom stereocenters. The highest BCUT2D eigenvalue weighted by atomic mass is 32.2. The fourth-order valence-corrected chi connectivity index (χ4v) is 4.19. The van der Waals surface area contributed by atoms with Crippen LogP contribution >= 0.6 is 11.3 Å². The summed E-state index contributed by atoms with van der Waals surface area (Å²) in [6, 6.07) is 7.04. The van der Waals surface area contributed by atoms with Crippen molar-refractivity contribution < 1.29 is 26.7 Å². The number of halogens is 3. The second kappa shape index (κ2) is 6.60. The van der Waals surface area contributed by atoms with Gasteiger partial charge in [0.15, 0.2) is 0 Å². The largest absolute Gasteiger partial charge is 0.416 e. The van der Waals surface area contributed by atoms with E-state index in [1.807, 2.05) is 0 Å². The highest BCUT2D eigenvalue weighted by molar-refractivity contribution is 7.91. The van der Waals surface area contributed by atoms with E-state index >= 15 is 0 Å². The van der Waals surface area contributed by atoms with Crippen molar-refractivity contribution in [1.29, 1.82) is 0 Å². The Bertz CT molecular complexity index is 767. The van der Waals surface area contributed by atoms with Crippen LogP contribution in [0.25, 0.3) is 0 Å². The Hall–Kier alpha value is -1.42. The quantitative estimate of drug-likeness (QED) is 0.856. The van der Waals surface area contributed by atoms with Crippen LogP contribution in [0.1, 0.15) is 22.1 Å². The van der Waals surface area contributed by atoms with E-state index in [0.29, 0.717) is 0 Å². The Morgan fingerprint density at radius 3 is 2.26 bits per heavy atom. The SMILES string of the molecule is Cc1ccc(S(=O)(=O)NCC(O)c2ccc(C(F)(F)F)cc2)s1. The lowest BCUT2D eigenvalue weighted by atomic mass is 10.1. The zero-order valence-corrected chi connectivity index (χ0v) is 13.6. The number of rotatable bonds is 5. The van der Waals surface area contributed by atoms with Crippen LogP contribution in [0.2, 0.25) is 0 Å². The molecule has 0 fully saturated rings. The first-order valence-corrected chi connectivity index (χ1v) is 8.81. The molecule has 0 aliphatic carbocycles. The predicted octanol–water partition coefficient (Wildman–Crippen LogP) is 3.09. The van der Waals surface area contributed by atoms with Crippen molar-refractivity contribution in [1.82, 2.24) is 4.72 Å². The van der Waals surface area contributed by atoms with Crippen LogP contribution in [0.4, 0.5) is 13.2 Å². The summed E-state index contributed by atoms with van der Waals surface area (Å²) in [4.78, 5) is 0.827. The number of aryl methyl sites for hydroxylation is 1. The Balaban J connectivity index is 2.03. The minimum absolute atomic E-state index is 0.120. The summed E-state index contributed by atoms with van der Waals surface area (Å²) in [5.41, 5.74) is -0.633. The highest BCUT2D eigenvalue weighted by Crippen LogP contribution is 2.30. The van der Waals surface area contributed by atoms with Crippen LogP contribution in [0, 0.1) is 6.92 Å².